The summed E-state index contributed by atoms with van der Waals surface area (Å²) in [5.41, 5.74) is 4.38. The predicted molar refractivity (Wildman–Crippen MR) is 121 cm³/mol. The third-order valence-electron chi connectivity index (χ3n) is 6.04. The van der Waals surface area contributed by atoms with Crippen LogP contribution in [0.3, 0.4) is 0 Å². The Balaban J connectivity index is 1.66. The molecule has 2 aromatic rings. The van der Waals surface area contributed by atoms with Gasteiger partial charge in [-0.25, -0.2) is 0 Å². The van der Waals surface area contributed by atoms with Crippen LogP contribution in [0.4, 0.5) is 5.69 Å². The van der Waals surface area contributed by atoms with Gasteiger partial charge in [-0.2, -0.15) is 0 Å². The van der Waals surface area contributed by atoms with Crippen molar-refractivity contribution in [1.29, 1.82) is 0 Å². The average Bonchev–Trinajstić information content (AvgIpc) is 2.76. The highest BCUT2D eigenvalue weighted by molar-refractivity contribution is 5.98. The van der Waals surface area contributed by atoms with Crippen molar-refractivity contribution in [1.82, 2.24) is 10.6 Å². The second-order valence-electron chi connectivity index (χ2n) is 8.54. The molecule has 0 saturated heterocycles. The first-order valence-electron chi connectivity index (χ1n) is 10.9. The van der Waals surface area contributed by atoms with E-state index in [4.69, 9.17) is 0 Å². The molecule has 0 aromatic heterocycles. The summed E-state index contributed by atoms with van der Waals surface area (Å²) in [4.78, 5) is 26.0. The van der Waals surface area contributed by atoms with E-state index in [1.165, 1.54) is 16.7 Å². The van der Waals surface area contributed by atoms with Gasteiger partial charge in [-0.1, -0.05) is 70.5 Å². The van der Waals surface area contributed by atoms with Crippen LogP contribution in [-0.2, 0) is 22.6 Å². The van der Waals surface area contributed by atoms with Crippen LogP contribution in [-0.4, -0.2) is 23.9 Å². The summed E-state index contributed by atoms with van der Waals surface area (Å²) in [5.74, 6) is 0.168. The quantitative estimate of drug-likeness (QED) is 0.650. The lowest BCUT2D eigenvalue weighted by Gasteiger charge is -2.29. The summed E-state index contributed by atoms with van der Waals surface area (Å²) in [5, 5.41) is 9.28. The van der Waals surface area contributed by atoms with E-state index in [0.717, 1.165) is 12.1 Å². The Labute approximate surface area is 179 Å². The molecule has 3 rings (SSSR count). The number of anilines is 1. The maximum atomic E-state index is 13.0. The first kappa shape index (κ1) is 22.0. The van der Waals surface area contributed by atoms with Gasteiger partial charge in [-0.05, 0) is 47.1 Å². The van der Waals surface area contributed by atoms with Gasteiger partial charge in [0.25, 0.3) is 0 Å². The lowest BCUT2D eigenvalue weighted by molar-refractivity contribution is -0.129. The molecule has 2 aromatic carbocycles. The van der Waals surface area contributed by atoms with E-state index in [1.54, 1.807) is 0 Å². The Morgan fingerprint density at radius 2 is 1.70 bits per heavy atom. The minimum absolute atomic E-state index is 0.0276. The fraction of sp³-hybridized carbons (Fsp3) is 0.440. The number of carbonyl (C=O) groups excluding carboxylic acids is 2. The van der Waals surface area contributed by atoms with Crippen molar-refractivity contribution in [3.05, 3.63) is 65.2 Å². The summed E-state index contributed by atoms with van der Waals surface area (Å²) >= 11 is 0. The SMILES string of the molecule is CCC(C)[C@H](NC(=O)[C@@H]1Cc2ccccc2CN1)C(=O)Nc1ccc(C(C)C)cc1. The number of carbonyl (C=O) groups is 2. The second-order valence-corrected chi connectivity index (χ2v) is 8.54. The van der Waals surface area contributed by atoms with E-state index < -0.39 is 6.04 Å². The standard InChI is InChI=1S/C25H33N3O2/c1-5-17(4)23(25(30)27-21-12-10-18(11-13-21)16(2)3)28-24(29)22-14-19-8-6-7-9-20(19)15-26-22/h6-13,16-17,22-23,26H,5,14-15H2,1-4H3,(H,27,30)(H,28,29)/t17?,22-,23-/m0/s1. The molecule has 3 N–H and O–H groups in total. The maximum absolute atomic E-state index is 13.0. The molecule has 5 nitrogen and oxygen atoms in total. The third-order valence-corrected chi connectivity index (χ3v) is 6.04. The Morgan fingerprint density at radius 1 is 1.03 bits per heavy atom. The molecule has 0 aliphatic carbocycles. The van der Waals surface area contributed by atoms with Gasteiger partial charge in [0.1, 0.15) is 6.04 Å². The summed E-state index contributed by atoms with van der Waals surface area (Å²) in [7, 11) is 0. The zero-order valence-electron chi connectivity index (χ0n) is 18.4. The number of hydrogen-bond acceptors (Lipinski definition) is 3. The number of rotatable bonds is 7. The number of benzene rings is 2. The first-order chi connectivity index (χ1) is 14.4. The van der Waals surface area contributed by atoms with Gasteiger partial charge in [0, 0.05) is 12.2 Å². The number of fused-ring (bicyclic) bond motifs is 1. The van der Waals surface area contributed by atoms with Crippen molar-refractivity contribution in [3.8, 4) is 0 Å². The van der Waals surface area contributed by atoms with Crippen LogP contribution < -0.4 is 16.0 Å². The van der Waals surface area contributed by atoms with Gasteiger partial charge in [0.2, 0.25) is 11.8 Å². The normalized spacial score (nSPS) is 17.7. The molecule has 1 heterocycles. The second kappa shape index (κ2) is 9.90. The summed E-state index contributed by atoms with van der Waals surface area (Å²) in [6.45, 7) is 8.97. The van der Waals surface area contributed by atoms with Crippen molar-refractivity contribution in [2.45, 2.75) is 65.1 Å². The molecule has 1 aliphatic heterocycles. The third kappa shape index (κ3) is 5.28. The van der Waals surface area contributed by atoms with Crippen molar-refractivity contribution < 1.29 is 9.59 Å². The Hall–Kier alpha value is -2.66. The van der Waals surface area contributed by atoms with Crippen LogP contribution in [0.25, 0.3) is 0 Å². The van der Waals surface area contributed by atoms with Gasteiger partial charge in [-0.15, -0.1) is 0 Å². The van der Waals surface area contributed by atoms with Crippen LogP contribution in [0, 0.1) is 5.92 Å². The summed E-state index contributed by atoms with van der Waals surface area (Å²) in [6, 6.07) is 15.1. The van der Waals surface area contributed by atoms with E-state index in [-0.39, 0.29) is 23.8 Å². The monoisotopic (exact) mass is 407 g/mol. The lowest BCUT2D eigenvalue weighted by Crippen LogP contribution is -2.55. The zero-order chi connectivity index (χ0) is 21.7. The molecule has 2 amide bonds. The zero-order valence-corrected chi connectivity index (χ0v) is 18.4. The van der Waals surface area contributed by atoms with E-state index in [2.05, 4.69) is 41.9 Å². The smallest absolute Gasteiger partial charge is 0.247 e. The molecule has 0 fully saturated rings. The van der Waals surface area contributed by atoms with E-state index in [1.807, 2.05) is 50.2 Å². The number of amides is 2. The molecule has 1 unspecified atom stereocenters. The Kier molecular flexibility index (Phi) is 7.27. The molecule has 0 spiro atoms. The van der Waals surface area contributed by atoms with Gasteiger partial charge >= 0.3 is 0 Å². The minimum atomic E-state index is -0.578. The molecule has 160 valence electrons. The molecule has 0 saturated carbocycles. The van der Waals surface area contributed by atoms with E-state index in [9.17, 15) is 9.59 Å². The highest BCUT2D eigenvalue weighted by atomic mass is 16.2. The van der Waals surface area contributed by atoms with Gasteiger partial charge in [0.05, 0.1) is 6.04 Å². The van der Waals surface area contributed by atoms with Crippen molar-refractivity contribution in [2.75, 3.05) is 5.32 Å². The average molecular weight is 408 g/mol. The first-order valence-corrected chi connectivity index (χ1v) is 10.9. The summed E-state index contributed by atoms with van der Waals surface area (Å²) < 4.78 is 0. The van der Waals surface area contributed by atoms with Gasteiger partial charge in [-0.3, -0.25) is 9.59 Å². The lowest BCUT2D eigenvalue weighted by atomic mass is 9.94. The fourth-order valence-corrected chi connectivity index (χ4v) is 3.77. The van der Waals surface area contributed by atoms with Crippen LogP contribution >= 0.6 is 0 Å². The predicted octanol–water partition coefficient (Wildman–Crippen LogP) is 3.99. The minimum Gasteiger partial charge on any atom is -0.343 e. The van der Waals surface area contributed by atoms with Crippen LogP contribution in [0.1, 0.15) is 56.7 Å². The largest absolute Gasteiger partial charge is 0.343 e. The van der Waals surface area contributed by atoms with Gasteiger partial charge < -0.3 is 16.0 Å². The van der Waals surface area contributed by atoms with E-state index in [0.29, 0.717) is 18.9 Å². The highest BCUT2D eigenvalue weighted by Crippen LogP contribution is 2.19. The van der Waals surface area contributed by atoms with Crippen molar-refractivity contribution in [2.24, 2.45) is 5.92 Å². The van der Waals surface area contributed by atoms with Gasteiger partial charge in [0.15, 0.2) is 0 Å². The number of hydrogen-bond donors (Lipinski definition) is 3. The molecule has 0 radical (unpaired) electrons. The Morgan fingerprint density at radius 3 is 2.33 bits per heavy atom. The highest BCUT2D eigenvalue weighted by Gasteiger charge is 2.30. The maximum Gasteiger partial charge on any atom is 0.247 e. The molecule has 3 atom stereocenters. The number of nitrogens with one attached hydrogen (secondary N) is 3. The molecule has 1 aliphatic rings. The van der Waals surface area contributed by atoms with Crippen molar-refractivity contribution in [3.63, 3.8) is 0 Å². The molecule has 0 bridgehead atoms. The Bertz CT molecular complexity index is 876. The summed E-state index contributed by atoms with van der Waals surface area (Å²) in [6.07, 6.45) is 1.43. The molecule has 30 heavy (non-hydrogen) atoms. The van der Waals surface area contributed by atoms with Crippen LogP contribution in [0.2, 0.25) is 0 Å². The van der Waals surface area contributed by atoms with Crippen LogP contribution in [0.15, 0.2) is 48.5 Å². The van der Waals surface area contributed by atoms with E-state index >= 15 is 0 Å². The molecular formula is C25H33N3O2. The topological polar surface area (TPSA) is 70.2 Å². The fourth-order valence-electron chi connectivity index (χ4n) is 3.77. The van der Waals surface area contributed by atoms with Crippen molar-refractivity contribution >= 4 is 17.5 Å². The van der Waals surface area contributed by atoms with Crippen LogP contribution in [0.5, 0.6) is 0 Å². The molecular weight excluding hydrogens is 374 g/mol. The molecule has 5 heteroatoms.